The molecule has 1 aromatic heterocycles. The fraction of sp³-hybridized carbons (Fsp3) is 0.548. The molecule has 10 heteroatoms. The molecule has 0 radical (unpaired) electrons. The number of aryl methyl sites for hydroxylation is 1. The first-order chi connectivity index (χ1) is 19.4. The molecule has 2 aromatic rings. The molecule has 1 aromatic carbocycles. The summed E-state index contributed by atoms with van der Waals surface area (Å²) in [4.78, 5) is 39.1. The Bertz CT molecular complexity index is 1420. The number of fused-ring (bicyclic) bond motifs is 1. The van der Waals surface area contributed by atoms with E-state index in [1.165, 1.54) is 17.9 Å². The highest BCUT2D eigenvalue weighted by atomic mass is 19.4. The van der Waals surface area contributed by atoms with Gasteiger partial charge in [0.05, 0.1) is 42.4 Å². The summed E-state index contributed by atoms with van der Waals surface area (Å²) in [7, 11) is 1.31. The molecule has 1 unspecified atom stereocenters. The zero-order valence-corrected chi connectivity index (χ0v) is 23.8. The lowest BCUT2D eigenvalue weighted by Crippen LogP contribution is -2.32. The molecule has 7 nitrogen and oxygen atoms in total. The van der Waals surface area contributed by atoms with Gasteiger partial charge < -0.3 is 9.47 Å². The molecule has 0 aliphatic heterocycles. The standard InChI is InChI=1S/C31H35F3N2O5/c1-5-41-29(39)21-11-9-19(15-18(21)3)26-22-12-10-20(28(38)40-4)16-24(22)36(35-26)27(37)25-17(2)7-6-8-23(25)30(13-14-30)31(32,33)34/h6-8,15,18,20-21H,5,9-14,16H2,1-4H3/t18-,20?,21+/m0/s1. The van der Waals surface area contributed by atoms with Gasteiger partial charge in [0.1, 0.15) is 0 Å². The third-order valence-electron chi connectivity index (χ3n) is 9.01. The number of nitrogens with zero attached hydrogens (tertiary/aromatic N) is 2. The first-order valence-electron chi connectivity index (χ1n) is 14.2. The highest BCUT2D eigenvalue weighted by molar-refractivity contribution is 5.99. The predicted octanol–water partition coefficient (Wildman–Crippen LogP) is 5.74. The van der Waals surface area contributed by atoms with Gasteiger partial charge in [-0.05, 0) is 75.0 Å². The molecular weight excluding hydrogens is 537 g/mol. The predicted molar refractivity (Wildman–Crippen MR) is 144 cm³/mol. The number of methoxy groups -OCH3 is 1. The number of hydrogen-bond donors (Lipinski definition) is 0. The summed E-state index contributed by atoms with van der Waals surface area (Å²) in [5, 5.41) is 4.75. The molecule has 0 spiro atoms. The Morgan fingerprint density at radius 2 is 1.85 bits per heavy atom. The van der Waals surface area contributed by atoms with Gasteiger partial charge in [0, 0.05) is 17.5 Å². The van der Waals surface area contributed by atoms with E-state index in [4.69, 9.17) is 14.6 Å². The largest absolute Gasteiger partial charge is 0.469 e. The zero-order valence-electron chi connectivity index (χ0n) is 23.8. The second-order valence-electron chi connectivity index (χ2n) is 11.5. The number of alkyl halides is 3. The molecule has 41 heavy (non-hydrogen) atoms. The Kier molecular flexibility index (Phi) is 7.63. The lowest BCUT2D eigenvalue weighted by molar-refractivity contribution is -0.160. The monoisotopic (exact) mass is 572 g/mol. The number of carbonyl (C=O) groups is 3. The van der Waals surface area contributed by atoms with Crippen molar-refractivity contribution in [2.75, 3.05) is 13.7 Å². The van der Waals surface area contributed by atoms with Crippen LogP contribution in [-0.4, -0.2) is 47.5 Å². The van der Waals surface area contributed by atoms with Crippen LogP contribution in [0.4, 0.5) is 13.2 Å². The molecule has 3 atom stereocenters. The van der Waals surface area contributed by atoms with E-state index in [9.17, 15) is 27.6 Å². The normalized spacial score (nSPS) is 23.3. The number of esters is 2. The fourth-order valence-corrected chi connectivity index (χ4v) is 6.56. The van der Waals surface area contributed by atoms with E-state index in [0.29, 0.717) is 49.2 Å². The minimum absolute atomic E-state index is 0.00716. The van der Waals surface area contributed by atoms with Gasteiger partial charge in [-0.1, -0.05) is 31.2 Å². The van der Waals surface area contributed by atoms with Crippen molar-refractivity contribution < 1.29 is 37.0 Å². The van der Waals surface area contributed by atoms with Crippen LogP contribution in [0.2, 0.25) is 0 Å². The van der Waals surface area contributed by atoms with Crippen LogP contribution in [0.1, 0.15) is 84.4 Å². The molecule has 0 N–H and O–H groups in total. The first kappa shape index (κ1) is 29.1. The van der Waals surface area contributed by atoms with E-state index in [2.05, 4.69) is 0 Å². The Hall–Kier alpha value is -3.43. The third kappa shape index (κ3) is 4.99. The van der Waals surface area contributed by atoms with Gasteiger partial charge >= 0.3 is 18.1 Å². The van der Waals surface area contributed by atoms with Gasteiger partial charge in [-0.2, -0.15) is 23.0 Å². The number of halogens is 3. The summed E-state index contributed by atoms with van der Waals surface area (Å²) < 4.78 is 54.1. The van der Waals surface area contributed by atoms with Crippen molar-refractivity contribution in [1.82, 2.24) is 9.78 Å². The topological polar surface area (TPSA) is 87.5 Å². The Morgan fingerprint density at radius 3 is 2.46 bits per heavy atom. The van der Waals surface area contributed by atoms with Crippen LogP contribution in [0.25, 0.3) is 5.57 Å². The third-order valence-corrected chi connectivity index (χ3v) is 9.01. The van der Waals surface area contributed by atoms with Crippen LogP contribution in [0.15, 0.2) is 24.3 Å². The van der Waals surface area contributed by atoms with Crippen LogP contribution in [0.5, 0.6) is 0 Å². The number of ether oxygens (including phenoxy) is 2. The van der Waals surface area contributed by atoms with Gasteiger partial charge in [-0.3, -0.25) is 14.4 Å². The molecule has 5 rings (SSSR count). The van der Waals surface area contributed by atoms with Gasteiger partial charge in [0.25, 0.3) is 5.91 Å². The summed E-state index contributed by atoms with van der Waals surface area (Å²) in [5.74, 6) is -2.16. The van der Waals surface area contributed by atoms with Crippen molar-refractivity contribution in [2.24, 2.45) is 17.8 Å². The van der Waals surface area contributed by atoms with Crippen molar-refractivity contribution in [2.45, 2.75) is 77.3 Å². The summed E-state index contributed by atoms with van der Waals surface area (Å²) in [6.45, 7) is 5.65. The average Bonchev–Trinajstić information content (AvgIpc) is 3.68. The van der Waals surface area contributed by atoms with E-state index < -0.39 is 29.4 Å². The zero-order chi connectivity index (χ0) is 29.7. The molecular formula is C31H35F3N2O5. The average molecular weight is 573 g/mol. The van der Waals surface area contributed by atoms with Crippen molar-refractivity contribution in [3.63, 3.8) is 0 Å². The maximum absolute atomic E-state index is 14.2. The molecule has 1 saturated carbocycles. The minimum atomic E-state index is -4.49. The van der Waals surface area contributed by atoms with Crippen molar-refractivity contribution >= 4 is 23.4 Å². The number of allylic oxidation sites excluding steroid dienone is 2. The number of benzene rings is 1. The quantitative estimate of drug-likeness (QED) is 0.410. The van der Waals surface area contributed by atoms with E-state index >= 15 is 0 Å². The van der Waals surface area contributed by atoms with Crippen LogP contribution in [0.3, 0.4) is 0 Å². The number of hydrogen-bond acceptors (Lipinski definition) is 6. The maximum Gasteiger partial charge on any atom is 0.398 e. The summed E-state index contributed by atoms with van der Waals surface area (Å²) in [6, 6.07) is 4.59. The Balaban J connectivity index is 1.61. The molecule has 0 amide bonds. The SMILES string of the molecule is CCOC(=O)[C@@H]1CCC(c2nn(C(=O)c3c(C)cccc3C3(C(F)(F)F)CC3)c3c2CCC(C(=O)OC)C3)=C[C@@H]1C. The number of carbonyl (C=O) groups excluding carboxylic acids is 3. The smallest absolute Gasteiger partial charge is 0.398 e. The summed E-state index contributed by atoms with van der Waals surface area (Å²) in [5.41, 5.74) is 1.22. The van der Waals surface area contributed by atoms with E-state index in [1.807, 2.05) is 13.0 Å². The van der Waals surface area contributed by atoms with Crippen molar-refractivity contribution in [3.8, 4) is 0 Å². The van der Waals surface area contributed by atoms with Crippen LogP contribution in [0, 0.1) is 24.7 Å². The van der Waals surface area contributed by atoms with Crippen molar-refractivity contribution in [3.05, 3.63) is 57.9 Å². The summed E-state index contributed by atoms with van der Waals surface area (Å²) >= 11 is 0. The second kappa shape index (κ2) is 10.8. The number of rotatable bonds is 6. The van der Waals surface area contributed by atoms with Gasteiger partial charge in [0.2, 0.25) is 0 Å². The Morgan fingerprint density at radius 1 is 1.12 bits per heavy atom. The van der Waals surface area contributed by atoms with E-state index in [0.717, 1.165) is 11.1 Å². The van der Waals surface area contributed by atoms with Gasteiger partial charge in [-0.25, -0.2) is 0 Å². The van der Waals surface area contributed by atoms with Crippen LogP contribution in [-0.2, 0) is 37.3 Å². The highest BCUT2D eigenvalue weighted by Crippen LogP contribution is 2.60. The van der Waals surface area contributed by atoms with Crippen molar-refractivity contribution in [1.29, 1.82) is 0 Å². The molecule has 3 aliphatic carbocycles. The second-order valence-corrected chi connectivity index (χ2v) is 11.5. The molecule has 220 valence electrons. The highest BCUT2D eigenvalue weighted by Gasteiger charge is 2.65. The van der Waals surface area contributed by atoms with Crippen LogP contribution < -0.4 is 0 Å². The van der Waals surface area contributed by atoms with E-state index in [-0.39, 0.29) is 48.2 Å². The van der Waals surface area contributed by atoms with Gasteiger partial charge in [-0.15, -0.1) is 0 Å². The number of aromatic nitrogens is 2. The molecule has 3 aliphatic rings. The van der Waals surface area contributed by atoms with Crippen LogP contribution >= 0.6 is 0 Å². The molecule has 1 fully saturated rings. The van der Waals surface area contributed by atoms with Gasteiger partial charge in [0.15, 0.2) is 0 Å². The lowest BCUT2D eigenvalue weighted by Gasteiger charge is -2.26. The first-order valence-corrected chi connectivity index (χ1v) is 14.2. The maximum atomic E-state index is 14.2. The molecule has 0 saturated heterocycles. The molecule has 1 heterocycles. The summed E-state index contributed by atoms with van der Waals surface area (Å²) in [6.07, 6.45) is -0.373. The minimum Gasteiger partial charge on any atom is -0.469 e. The lowest BCUT2D eigenvalue weighted by atomic mass is 9.79. The Labute approximate surface area is 237 Å². The fourth-order valence-electron chi connectivity index (χ4n) is 6.56. The molecule has 0 bridgehead atoms. The van der Waals surface area contributed by atoms with E-state index in [1.54, 1.807) is 26.0 Å².